The van der Waals surface area contributed by atoms with Crippen LogP contribution in [0.3, 0.4) is 0 Å². The van der Waals surface area contributed by atoms with Crippen molar-refractivity contribution in [1.82, 2.24) is 15.5 Å². The normalized spacial score (nSPS) is 11.7. The Bertz CT molecular complexity index is 1360. The summed E-state index contributed by atoms with van der Waals surface area (Å²) in [6.45, 7) is 15.0. The van der Waals surface area contributed by atoms with Gasteiger partial charge in [0.05, 0.1) is 176 Å². The Kier molecular flexibility index (Phi) is 58.6. The lowest BCUT2D eigenvalue weighted by atomic mass is 10.2. The summed E-state index contributed by atoms with van der Waals surface area (Å²) < 4.78 is 66.0. The number of carbonyl (C=O) groups excluding carboxylic acids is 3. The fourth-order valence-corrected chi connectivity index (χ4v) is 7.01. The number of hydrogen-bond acceptors (Lipinski definition) is 22. The molecule has 0 spiro atoms. The monoisotopic (exact) mass is 1130 g/mol. The largest absolute Gasteiger partial charge is 0.393 e. The Labute approximate surface area is 460 Å². The van der Waals surface area contributed by atoms with E-state index in [1.54, 1.807) is 28.4 Å². The molecule has 76 heavy (non-hydrogen) atoms. The first kappa shape index (κ1) is 72.9. The van der Waals surface area contributed by atoms with E-state index in [0.717, 1.165) is 48.6 Å². The zero-order valence-corrected chi connectivity index (χ0v) is 47.9. The highest BCUT2D eigenvalue weighted by atomic mass is 32.2. The van der Waals surface area contributed by atoms with Crippen molar-refractivity contribution < 1.29 is 80.9 Å². The van der Waals surface area contributed by atoms with E-state index in [9.17, 15) is 14.4 Å². The second kappa shape index (κ2) is 61.1. The van der Waals surface area contributed by atoms with Crippen molar-refractivity contribution in [3.63, 3.8) is 0 Å². The molecule has 0 atom stereocenters. The lowest BCUT2D eigenvalue weighted by Gasteiger charge is -2.23. The summed E-state index contributed by atoms with van der Waals surface area (Å²) in [5.74, 6) is 1.11. The molecule has 0 heterocycles. The van der Waals surface area contributed by atoms with E-state index in [0.29, 0.717) is 152 Å². The number of thioether (sulfide) groups is 2. The van der Waals surface area contributed by atoms with Crippen LogP contribution in [0, 0.1) is 0 Å². The maximum absolute atomic E-state index is 13.2. The zero-order chi connectivity index (χ0) is 55.3. The number of hydrogen-bond donors (Lipinski definition) is 2. The van der Waals surface area contributed by atoms with Crippen LogP contribution in [0.4, 0.5) is 0 Å². The van der Waals surface area contributed by atoms with Gasteiger partial charge in [0.15, 0.2) is 0 Å². The van der Waals surface area contributed by atoms with Crippen molar-refractivity contribution in [3.05, 3.63) is 10.4 Å². The van der Waals surface area contributed by atoms with E-state index in [-0.39, 0.29) is 89.5 Å². The molecule has 0 radical (unpaired) electrons. The van der Waals surface area contributed by atoms with Crippen LogP contribution in [0.1, 0.15) is 58.8 Å². The van der Waals surface area contributed by atoms with Crippen molar-refractivity contribution in [2.75, 3.05) is 229 Å². The lowest BCUT2D eigenvalue weighted by Crippen LogP contribution is -2.43. The van der Waals surface area contributed by atoms with Crippen molar-refractivity contribution in [1.29, 1.82) is 0 Å². The third-order valence-electron chi connectivity index (χ3n) is 9.64. The Hall–Kier alpha value is -3.12. The number of carbonyl (C=O) groups is 3. The first-order chi connectivity index (χ1) is 37.4. The molecule has 0 aliphatic rings. The highest BCUT2D eigenvalue weighted by Gasteiger charge is 2.15. The van der Waals surface area contributed by atoms with Crippen molar-refractivity contribution in [2.45, 2.75) is 58.8 Å². The van der Waals surface area contributed by atoms with Crippen LogP contribution in [0.2, 0.25) is 0 Å². The molecule has 0 aromatic heterocycles. The maximum Gasteiger partial charge on any atom is 0.225 e. The molecule has 0 rings (SSSR count). The molecule has 25 nitrogen and oxygen atoms in total. The van der Waals surface area contributed by atoms with Crippen molar-refractivity contribution in [3.8, 4) is 0 Å². The number of ether oxygens (including phenoxy) is 12. The summed E-state index contributed by atoms with van der Waals surface area (Å²) in [5.41, 5.74) is 10.4. The van der Waals surface area contributed by atoms with Gasteiger partial charge in [-0.3, -0.25) is 14.4 Å². The van der Waals surface area contributed by atoms with Gasteiger partial charge in [0.25, 0.3) is 0 Å². The van der Waals surface area contributed by atoms with Crippen LogP contribution >= 0.6 is 23.5 Å². The molecule has 0 saturated heterocycles. The maximum atomic E-state index is 13.2. The average Bonchev–Trinajstić information content (AvgIpc) is 3.41. The predicted molar refractivity (Wildman–Crippen MR) is 294 cm³/mol. The first-order valence-corrected chi connectivity index (χ1v) is 29.3. The standard InChI is InChI=1S/C49H94N8O17S2/c1-5-7-45(43-75-3)54-73-41-39-71-37-35-69-33-30-65-25-21-61-17-9-47(58)51-12-15-57(49(60)11-19-63-23-27-67-29-32-68-28-24-64-20-14-53-56-50)16-13-52-48(59)10-18-62-22-26-66-31-34-70-36-38-72-40-42-74-55-46(8-6-2)44-76-4/h5-44H2,1-4H3,(H,51,58)(H,52,59)/b54-45-,55-46+. The lowest BCUT2D eigenvalue weighted by molar-refractivity contribution is -0.133. The van der Waals surface area contributed by atoms with Gasteiger partial charge in [0.1, 0.15) is 13.2 Å². The van der Waals surface area contributed by atoms with Crippen LogP contribution in [0.25, 0.3) is 10.4 Å². The molecule has 3 amide bonds. The van der Waals surface area contributed by atoms with Gasteiger partial charge >= 0.3 is 0 Å². The Morgan fingerprint density at radius 1 is 0.434 bits per heavy atom. The summed E-state index contributed by atoms with van der Waals surface area (Å²) in [4.78, 5) is 53.2. The molecule has 27 heteroatoms. The van der Waals surface area contributed by atoms with Crippen LogP contribution in [-0.2, 0) is 80.9 Å². The Balaban J connectivity index is 4.32. The summed E-state index contributed by atoms with van der Waals surface area (Å²) in [5, 5.41) is 17.4. The van der Waals surface area contributed by atoms with E-state index in [2.05, 4.69) is 44.8 Å². The number of amides is 3. The SMILES string of the molecule is CCC/C(CSC)=N/OCCOCCOCCOCCOCCC(=O)NCCN(CCNC(=O)CCOCCOCCOCCOCCO/N=C(\CCC)CSC)C(=O)CCOCCOCCOCCOCCN=[N+]=[N-]. The highest BCUT2D eigenvalue weighted by Crippen LogP contribution is 2.03. The van der Waals surface area contributed by atoms with Gasteiger partial charge in [-0.25, -0.2) is 0 Å². The minimum Gasteiger partial charge on any atom is -0.393 e. The molecule has 0 aromatic rings. The zero-order valence-electron chi connectivity index (χ0n) is 46.2. The van der Waals surface area contributed by atoms with Crippen LogP contribution in [0.5, 0.6) is 0 Å². The van der Waals surface area contributed by atoms with Gasteiger partial charge in [-0.2, -0.15) is 23.5 Å². The second-order valence-electron chi connectivity index (χ2n) is 16.0. The molecule has 0 aliphatic carbocycles. The van der Waals surface area contributed by atoms with Gasteiger partial charge in [-0.1, -0.05) is 42.1 Å². The topological polar surface area (TPSA) is 281 Å². The summed E-state index contributed by atoms with van der Waals surface area (Å²) in [6.07, 6.45) is 8.42. The minimum atomic E-state index is -0.219. The van der Waals surface area contributed by atoms with Crippen LogP contribution in [-0.4, -0.2) is 263 Å². The molecule has 0 fully saturated rings. The molecule has 0 unspecified atom stereocenters. The van der Waals surface area contributed by atoms with E-state index >= 15 is 0 Å². The number of nitrogens with one attached hydrogen (secondary N) is 2. The van der Waals surface area contributed by atoms with Crippen molar-refractivity contribution >= 4 is 52.7 Å². The minimum absolute atomic E-state index is 0.104. The summed E-state index contributed by atoms with van der Waals surface area (Å²) in [6, 6.07) is 0. The summed E-state index contributed by atoms with van der Waals surface area (Å²) in [7, 11) is 0. The molecular weight excluding hydrogens is 1040 g/mol. The van der Waals surface area contributed by atoms with Gasteiger partial charge in [0, 0.05) is 62.0 Å². The number of oxime groups is 2. The Morgan fingerprint density at radius 2 is 0.737 bits per heavy atom. The molecule has 0 aliphatic heterocycles. The molecular formula is C49H94N8O17S2. The van der Waals surface area contributed by atoms with Crippen LogP contribution in [0.15, 0.2) is 15.4 Å². The smallest absolute Gasteiger partial charge is 0.225 e. The number of rotatable bonds is 61. The van der Waals surface area contributed by atoms with Gasteiger partial charge in [-0.15, -0.1) is 0 Å². The fraction of sp³-hybridized carbons (Fsp3) is 0.898. The van der Waals surface area contributed by atoms with Gasteiger partial charge in [-0.05, 0) is 30.9 Å². The van der Waals surface area contributed by atoms with Gasteiger partial charge < -0.3 is 82.1 Å². The van der Waals surface area contributed by atoms with Crippen molar-refractivity contribution in [2.24, 2.45) is 15.4 Å². The van der Waals surface area contributed by atoms with E-state index < -0.39 is 0 Å². The quantitative estimate of drug-likeness (QED) is 0.0219. The second-order valence-corrected chi connectivity index (χ2v) is 17.7. The number of nitrogens with zero attached hydrogens (tertiary/aromatic N) is 6. The predicted octanol–water partition coefficient (Wildman–Crippen LogP) is 3.80. The van der Waals surface area contributed by atoms with E-state index in [4.69, 9.17) is 72.0 Å². The molecule has 0 saturated carbocycles. The molecule has 0 bridgehead atoms. The molecule has 2 N–H and O–H groups in total. The third-order valence-corrected chi connectivity index (χ3v) is 10.9. The Morgan fingerprint density at radius 3 is 1.05 bits per heavy atom. The fourth-order valence-electron chi connectivity index (χ4n) is 5.95. The third kappa shape index (κ3) is 54.2. The molecule has 0 aromatic carbocycles. The first-order valence-electron chi connectivity index (χ1n) is 26.5. The number of azide groups is 1. The van der Waals surface area contributed by atoms with E-state index in [1.165, 1.54) is 0 Å². The average molecular weight is 1130 g/mol. The van der Waals surface area contributed by atoms with Crippen LogP contribution < -0.4 is 10.6 Å². The highest BCUT2D eigenvalue weighted by molar-refractivity contribution is 7.99. The van der Waals surface area contributed by atoms with E-state index in [1.807, 2.05) is 12.5 Å². The van der Waals surface area contributed by atoms with Gasteiger partial charge in [0.2, 0.25) is 17.7 Å². The molecule has 444 valence electrons. The summed E-state index contributed by atoms with van der Waals surface area (Å²) >= 11 is 3.45.